The van der Waals surface area contributed by atoms with E-state index >= 15 is 0 Å². The largest absolute Gasteiger partial charge is 0.373 e. The number of hydrogen-bond acceptors (Lipinski definition) is 3. The van der Waals surface area contributed by atoms with Gasteiger partial charge in [-0.2, -0.15) is 0 Å². The first kappa shape index (κ1) is 13.0. The van der Waals surface area contributed by atoms with E-state index in [2.05, 4.69) is 45.2 Å². The Labute approximate surface area is 125 Å². The molecule has 0 bridgehead atoms. The van der Waals surface area contributed by atoms with Crippen molar-refractivity contribution in [2.45, 2.75) is 30.9 Å². The molecule has 21 heavy (non-hydrogen) atoms. The molecule has 2 aliphatic heterocycles. The van der Waals surface area contributed by atoms with Crippen LogP contribution in [0.3, 0.4) is 0 Å². The highest BCUT2D eigenvalue weighted by molar-refractivity contribution is 5.22. The smallest absolute Gasteiger partial charge is 0.0922 e. The molecule has 2 aromatic rings. The van der Waals surface area contributed by atoms with Gasteiger partial charge in [0.05, 0.1) is 18.5 Å². The molecule has 3 heterocycles. The van der Waals surface area contributed by atoms with Crippen molar-refractivity contribution in [2.75, 3.05) is 19.7 Å². The minimum Gasteiger partial charge on any atom is -0.373 e. The molecule has 2 fully saturated rings. The predicted molar refractivity (Wildman–Crippen MR) is 81.0 cm³/mol. The fourth-order valence-corrected chi connectivity index (χ4v) is 3.74. The standard InChI is InChI=1S/C17H21N3O/c1-2-4-14(5-3-1)15-8-17(21-11-15)6-7-20(12-17)10-16-9-18-13-19-16/h1-5,9,13,15H,6-8,10-12H2,(H,18,19)/t15-,17-/m1/s1. The fraction of sp³-hybridized carbons (Fsp3) is 0.471. The maximum absolute atomic E-state index is 6.25. The Kier molecular flexibility index (Phi) is 3.28. The van der Waals surface area contributed by atoms with E-state index in [4.69, 9.17) is 4.74 Å². The van der Waals surface area contributed by atoms with E-state index in [0.717, 1.165) is 39.1 Å². The molecule has 0 unspecified atom stereocenters. The average molecular weight is 283 g/mol. The zero-order valence-electron chi connectivity index (χ0n) is 12.2. The van der Waals surface area contributed by atoms with Gasteiger partial charge in [0.2, 0.25) is 0 Å². The second-order valence-electron chi connectivity index (χ2n) is 6.34. The van der Waals surface area contributed by atoms with E-state index in [9.17, 15) is 0 Å². The van der Waals surface area contributed by atoms with E-state index in [1.54, 1.807) is 6.33 Å². The SMILES string of the molecule is c1ccc([C@H]2CO[C@]3(CCN(Cc4cnc[nH]4)C3)C2)cc1. The molecule has 2 aliphatic rings. The number of nitrogens with zero attached hydrogens (tertiary/aromatic N) is 2. The van der Waals surface area contributed by atoms with Crippen LogP contribution in [0.1, 0.15) is 30.0 Å². The Bertz CT molecular complexity index is 583. The van der Waals surface area contributed by atoms with Crippen LogP contribution < -0.4 is 0 Å². The van der Waals surface area contributed by atoms with Crippen molar-refractivity contribution in [1.82, 2.24) is 14.9 Å². The van der Waals surface area contributed by atoms with Crippen molar-refractivity contribution in [3.8, 4) is 0 Å². The summed E-state index contributed by atoms with van der Waals surface area (Å²) >= 11 is 0. The van der Waals surface area contributed by atoms with Crippen LogP contribution in [0.4, 0.5) is 0 Å². The highest BCUT2D eigenvalue weighted by atomic mass is 16.5. The van der Waals surface area contributed by atoms with E-state index in [1.165, 1.54) is 11.3 Å². The number of likely N-dealkylation sites (tertiary alicyclic amines) is 1. The van der Waals surface area contributed by atoms with E-state index in [1.807, 2.05) is 6.20 Å². The Morgan fingerprint density at radius 3 is 3.05 bits per heavy atom. The molecule has 2 saturated heterocycles. The molecule has 0 amide bonds. The minimum atomic E-state index is 0.0700. The molecule has 4 heteroatoms. The lowest BCUT2D eigenvalue weighted by atomic mass is 9.89. The number of nitrogens with one attached hydrogen (secondary N) is 1. The van der Waals surface area contributed by atoms with Crippen LogP contribution >= 0.6 is 0 Å². The number of H-pyrrole nitrogens is 1. The molecule has 1 N–H and O–H groups in total. The number of benzene rings is 1. The quantitative estimate of drug-likeness (QED) is 0.941. The average Bonchev–Trinajstić information content (AvgIpc) is 3.24. The van der Waals surface area contributed by atoms with Gasteiger partial charge < -0.3 is 9.72 Å². The lowest BCUT2D eigenvalue weighted by molar-refractivity contribution is 0.0117. The number of aromatic nitrogens is 2. The van der Waals surface area contributed by atoms with Gasteiger partial charge in [-0.15, -0.1) is 0 Å². The van der Waals surface area contributed by atoms with Crippen LogP contribution in [0.2, 0.25) is 0 Å². The molecule has 0 aliphatic carbocycles. The zero-order chi connectivity index (χ0) is 14.1. The number of ether oxygens (including phenoxy) is 1. The van der Waals surface area contributed by atoms with E-state index in [0.29, 0.717) is 5.92 Å². The van der Waals surface area contributed by atoms with E-state index in [-0.39, 0.29) is 5.60 Å². The minimum absolute atomic E-state index is 0.0700. The maximum Gasteiger partial charge on any atom is 0.0922 e. The molecule has 0 radical (unpaired) electrons. The van der Waals surface area contributed by atoms with Crippen molar-refractivity contribution >= 4 is 0 Å². The van der Waals surface area contributed by atoms with Crippen LogP contribution in [0.15, 0.2) is 42.9 Å². The van der Waals surface area contributed by atoms with Crippen LogP contribution in [-0.2, 0) is 11.3 Å². The van der Waals surface area contributed by atoms with Gasteiger partial charge in [-0.3, -0.25) is 4.90 Å². The summed E-state index contributed by atoms with van der Waals surface area (Å²) in [5, 5.41) is 0. The van der Waals surface area contributed by atoms with Gasteiger partial charge in [0.25, 0.3) is 0 Å². The molecular formula is C17H21N3O. The highest BCUT2D eigenvalue weighted by Gasteiger charge is 2.45. The van der Waals surface area contributed by atoms with E-state index < -0.39 is 0 Å². The molecular weight excluding hydrogens is 262 g/mol. The topological polar surface area (TPSA) is 41.1 Å². The summed E-state index contributed by atoms with van der Waals surface area (Å²) in [5.41, 5.74) is 2.67. The summed E-state index contributed by atoms with van der Waals surface area (Å²) in [6.45, 7) is 3.96. The predicted octanol–water partition coefficient (Wildman–Crippen LogP) is 2.56. The number of hydrogen-bond donors (Lipinski definition) is 1. The van der Waals surface area contributed by atoms with Crippen molar-refractivity contribution in [3.05, 3.63) is 54.1 Å². The second kappa shape index (κ2) is 5.28. The molecule has 1 aromatic carbocycles. The first-order chi connectivity index (χ1) is 10.3. The Balaban J connectivity index is 1.41. The summed E-state index contributed by atoms with van der Waals surface area (Å²) in [4.78, 5) is 9.75. The Hall–Kier alpha value is -1.65. The van der Waals surface area contributed by atoms with Crippen molar-refractivity contribution in [1.29, 1.82) is 0 Å². The van der Waals surface area contributed by atoms with Crippen molar-refractivity contribution in [2.24, 2.45) is 0 Å². The molecule has 2 atom stereocenters. The van der Waals surface area contributed by atoms with Gasteiger partial charge in [-0.05, 0) is 18.4 Å². The maximum atomic E-state index is 6.25. The highest BCUT2D eigenvalue weighted by Crippen LogP contribution is 2.42. The van der Waals surface area contributed by atoms with Crippen molar-refractivity contribution < 1.29 is 4.74 Å². The summed E-state index contributed by atoms with van der Waals surface area (Å²) in [6.07, 6.45) is 5.95. The first-order valence-electron chi connectivity index (χ1n) is 7.72. The lowest BCUT2D eigenvalue weighted by Crippen LogP contribution is -2.32. The molecule has 1 spiro atoms. The van der Waals surface area contributed by atoms with Gasteiger partial charge in [0.15, 0.2) is 0 Å². The number of aromatic amines is 1. The van der Waals surface area contributed by atoms with Gasteiger partial charge in [0.1, 0.15) is 0 Å². The number of imidazole rings is 1. The zero-order valence-corrected chi connectivity index (χ0v) is 12.2. The second-order valence-corrected chi connectivity index (χ2v) is 6.34. The molecule has 4 nitrogen and oxygen atoms in total. The van der Waals surface area contributed by atoms with Crippen molar-refractivity contribution in [3.63, 3.8) is 0 Å². The third-order valence-electron chi connectivity index (χ3n) is 4.82. The van der Waals surface area contributed by atoms with Crippen LogP contribution in [0.5, 0.6) is 0 Å². The first-order valence-corrected chi connectivity index (χ1v) is 7.72. The summed E-state index contributed by atoms with van der Waals surface area (Å²) in [7, 11) is 0. The molecule has 110 valence electrons. The van der Waals surface area contributed by atoms with Crippen LogP contribution in [0.25, 0.3) is 0 Å². The molecule has 1 aromatic heterocycles. The lowest BCUT2D eigenvalue weighted by Gasteiger charge is -2.23. The Morgan fingerprint density at radius 2 is 2.24 bits per heavy atom. The van der Waals surface area contributed by atoms with Gasteiger partial charge in [-0.25, -0.2) is 4.98 Å². The van der Waals surface area contributed by atoms with Crippen LogP contribution in [-0.4, -0.2) is 40.2 Å². The van der Waals surface area contributed by atoms with Gasteiger partial charge in [0, 0.05) is 37.4 Å². The third kappa shape index (κ3) is 2.61. The normalized spacial score (nSPS) is 29.4. The van der Waals surface area contributed by atoms with Gasteiger partial charge in [-0.1, -0.05) is 30.3 Å². The summed E-state index contributed by atoms with van der Waals surface area (Å²) in [6, 6.07) is 10.8. The summed E-state index contributed by atoms with van der Waals surface area (Å²) in [5.74, 6) is 0.554. The molecule has 0 saturated carbocycles. The monoisotopic (exact) mass is 283 g/mol. The fourth-order valence-electron chi connectivity index (χ4n) is 3.74. The number of rotatable bonds is 3. The summed E-state index contributed by atoms with van der Waals surface area (Å²) < 4.78 is 6.25. The van der Waals surface area contributed by atoms with Crippen LogP contribution in [0, 0.1) is 0 Å². The van der Waals surface area contributed by atoms with Gasteiger partial charge >= 0.3 is 0 Å². The Morgan fingerprint density at radius 1 is 1.33 bits per heavy atom. The molecule has 4 rings (SSSR count). The third-order valence-corrected chi connectivity index (χ3v) is 4.82.